The minimum absolute atomic E-state index is 0.0213. The number of unbranched alkanes of at least 4 members (excludes halogenated alkanes) is 1. The molecule has 0 aliphatic rings. The second-order valence-corrected chi connectivity index (χ2v) is 7.54. The van der Waals surface area contributed by atoms with E-state index in [-0.39, 0.29) is 11.0 Å². The van der Waals surface area contributed by atoms with Gasteiger partial charge in [-0.1, -0.05) is 55.8 Å². The highest BCUT2D eigenvalue weighted by Gasteiger charge is 2.24. The van der Waals surface area contributed by atoms with Crippen LogP contribution in [0.5, 0.6) is 0 Å². The molecule has 3 heteroatoms. The van der Waals surface area contributed by atoms with Crippen LogP contribution in [0.25, 0.3) is 10.9 Å². The second-order valence-electron chi connectivity index (χ2n) is 7.54. The summed E-state index contributed by atoms with van der Waals surface area (Å²) in [5.74, 6) is 0. The number of terminal acetylenes is 1. The average Bonchev–Trinajstić information content (AvgIpc) is 2.74. The van der Waals surface area contributed by atoms with Crippen LogP contribution in [-0.4, -0.2) is 11.5 Å². The third-order valence-corrected chi connectivity index (χ3v) is 5.47. The Morgan fingerprint density at radius 3 is 2.43 bits per heavy atom. The van der Waals surface area contributed by atoms with E-state index < -0.39 is 0 Å². The fourth-order valence-electron chi connectivity index (χ4n) is 3.54. The van der Waals surface area contributed by atoms with Crippen LogP contribution in [0, 0.1) is 19.8 Å². The van der Waals surface area contributed by atoms with Crippen molar-refractivity contribution in [3.8, 4) is 12.8 Å². The van der Waals surface area contributed by atoms with E-state index in [1.54, 1.807) is 0 Å². The molecule has 0 unspecified atom stereocenters. The molecule has 3 aromatic rings. The van der Waals surface area contributed by atoms with Gasteiger partial charge in [-0.2, -0.15) is 0 Å². The van der Waals surface area contributed by atoms with Crippen molar-refractivity contribution in [3.05, 3.63) is 81.6 Å². The standard InChI is InChI=1S/C23H28N2O.C2H2/c1-17-14-19-11-12-20(15-21(19)25-22(17)26)23(2,16-24)13-7-6-10-18-8-4-3-5-9-18;1-2/h3-5,8-9,11-12,14-15H,6-7,10,13,16,24H2,1-2H3,(H,25,26);1-2H/t23-;/m1./s1. The van der Waals surface area contributed by atoms with Crippen LogP contribution >= 0.6 is 0 Å². The van der Waals surface area contributed by atoms with Gasteiger partial charge in [0.1, 0.15) is 0 Å². The SMILES string of the molecule is C#C.Cc1cc2ccc([C@@](C)(CN)CCCCc3ccccc3)cc2[nH]c1=O. The summed E-state index contributed by atoms with van der Waals surface area (Å²) < 4.78 is 0. The monoisotopic (exact) mass is 374 g/mol. The molecule has 1 atom stereocenters. The number of pyridine rings is 1. The number of aryl methyl sites for hydroxylation is 2. The first-order valence-electron chi connectivity index (χ1n) is 9.73. The molecule has 0 aliphatic carbocycles. The Kier molecular flexibility index (Phi) is 7.61. The lowest BCUT2D eigenvalue weighted by Gasteiger charge is -2.29. The van der Waals surface area contributed by atoms with Crippen molar-refractivity contribution in [1.29, 1.82) is 0 Å². The zero-order chi connectivity index (χ0) is 20.6. The van der Waals surface area contributed by atoms with Crippen LogP contribution in [0.3, 0.4) is 0 Å². The Labute approximate surface area is 168 Å². The van der Waals surface area contributed by atoms with Gasteiger partial charge in [0.2, 0.25) is 0 Å². The maximum atomic E-state index is 11.9. The van der Waals surface area contributed by atoms with Crippen LogP contribution in [-0.2, 0) is 11.8 Å². The number of benzene rings is 2. The number of aromatic nitrogens is 1. The summed E-state index contributed by atoms with van der Waals surface area (Å²) >= 11 is 0. The van der Waals surface area contributed by atoms with Gasteiger partial charge in [-0.05, 0) is 54.8 Å². The third kappa shape index (κ3) is 5.12. The molecule has 0 amide bonds. The molecule has 1 aromatic heterocycles. The third-order valence-electron chi connectivity index (χ3n) is 5.47. The van der Waals surface area contributed by atoms with Gasteiger partial charge in [0.05, 0.1) is 0 Å². The van der Waals surface area contributed by atoms with Gasteiger partial charge in [-0.3, -0.25) is 4.79 Å². The van der Waals surface area contributed by atoms with Gasteiger partial charge in [0.25, 0.3) is 5.56 Å². The molecule has 28 heavy (non-hydrogen) atoms. The lowest BCUT2D eigenvalue weighted by Crippen LogP contribution is -2.32. The van der Waals surface area contributed by atoms with E-state index >= 15 is 0 Å². The summed E-state index contributed by atoms with van der Waals surface area (Å²) in [6.07, 6.45) is 12.4. The Hall–Kier alpha value is -2.83. The molecular weight excluding hydrogens is 344 g/mol. The molecule has 0 spiro atoms. The Morgan fingerprint density at radius 2 is 1.75 bits per heavy atom. The van der Waals surface area contributed by atoms with E-state index in [0.29, 0.717) is 6.54 Å². The van der Waals surface area contributed by atoms with Crippen molar-refractivity contribution >= 4 is 10.9 Å². The molecule has 0 radical (unpaired) electrons. The van der Waals surface area contributed by atoms with Gasteiger partial charge in [-0.15, -0.1) is 12.8 Å². The fourth-order valence-corrected chi connectivity index (χ4v) is 3.54. The van der Waals surface area contributed by atoms with Crippen molar-refractivity contribution in [2.24, 2.45) is 5.73 Å². The van der Waals surface area contributed by atoms with Crippen molar-refractivity contribution in [2.75, 3.05) is 6.54 Å². The van der Waals surface area contributed by atoms with Crippen LogP contribution in [0.1, 0.15) is 42.9 Å². The largest absolute Gasteiger partial charge is 0.330 e. The summed E-state index contributed by atoms with van der Waals surface area (Å²) in [4.78, 5) is 14.9. The average molecular weight is 375 g/mol. The van der Waals surface area contributed by atoms with Crippen LogP contribution in [0.15, 0.2) is 59.4 Å². The van der Waals surface area contributed by atoms with Crippen LogP contribution in [0.4, 0.5) is 0 Å². The molecule has 0 aliphatic heterocycles. The summed E-state index contributed by atoms with van der Waals surface area (Å²) in [6.45, 7) is 4.66. The molecule has 0 saturated carbocycles. The van der Waals surface area contributed by atoms with Gasteiger partial charge in [-0.25, -0.2) is 0 Å². The minimum Gasteiger partial charge on any atom is -0.330 e. The summed E-state index contributed by atoms with van der Waals surface area (Å²) in [5.41, 5.74) is 10.3. The Bertz CT molecular complexity index is 972. The maximum absolute atomic E-state index is 11.9. The predicted molar refractivity (Wildman–Crippen MR) is 120 cm³/mol. The van der Waals surface area contributed by atoms with Crippen LogP contribution in [0.2, 0.25) is 0 Å². The molecule has 3 rings (SSSR count). The first kappa shape index (κ1) is 21.5. The second kappa shape index (κ2) is 9.92. The predicted octanol–water partition coefficient (Wildman–Crippen LogP) is 4.72. The van der Waals surface area contributed by atoms with E-state index in [0.717, 1.165) is 42.1 Å². The smallest absolute Gasteiger partial charge is 0.251 e. The molecule has 3 N–H and O–H groups in total. The highest BCUT2D eigenvalue weighted by molar-refractivity contribution is 5.79. The van der Waals surface area contributed by atoms with Gasteiger partial charge < -0.3 is 10.7 Å². The van der Waals surface area contributed by atoms with Crippen LogP contribution < -0.4 is 11.3 Å². The number of aromatic amines is 1. The number of H-pyrrole nitrogens is 1. The zero-order valence-corrected chi connectivity index (χ0v) is 16.9. The lowest BCUT2D eigenvalue weighted by atomic mass is 9.77. The molecule has 0 saturated heterocycles. The zero-order valence-electron chi connectivity index (χ0n) is 16.9. The lowest BCUT2D eigenvalue weighted by molar-refractivity contribution is 0.423. The first-order valence-corrected chi connectivity index (χ1v) is 9.73. The fraction of sp³-hybridized carbons (Fsp3) is 0.320. The van der Waals surface area contributed by atoms with Gasteiger partial charge in [0.15, 0.2) is 0 Å². The Balaban J connectivity index is 0.00000136. The van der Waals surface area contributed by atoms with Crippen molar-refractivity contribution in [2.45, 2.75) is 44.9 Å². The number of nitrogens with two attached hydrogens (primary N) is 1. The molecule has 1 heterocycles. The summed E-state index contributed by atoms with van der Waals surface area (Å²) in [5, 5.41) is 1.06. The van der Waals surface area contributed by atoms with E-state index in [1.807, 2.05) is 13.0 Å². The molecular formula is C25H30N2O. The highest BCUT2D eigenvalue weighted by Crippen LogP contribution is 2.30. The molecule has 146 valence electrons. The van der Waals surface area contributed by atoms with Crippen molar-refractivity contribution < 1.29 is 0 Å². The highest BCUT2D eigenvalue weighted by atomic mass is 16.1. The van der Waals surface area contributed by atoms with E-state index in [1.165, 1.54) is 11.1 Å². The molecule has 0 bridgehead atoms. The number of hydrogen-bond acceptors (Lipinski definition) is 2. The summed E-state index contributed by atoms with van der Waals surface area (Å²) in [6, 6.07) is 18.9. The topological polar surface area (TPSA) is 58.9 Å². The number of nitrogens with one attached hydrogen (secondary N) is 1. The van der Waals surface area contributed by atoms with E-state index in [9.17, 15) is 4.79 Å². The van der Waals surface area contributed by atoms with Crippen molar-refractivity contribution in [1.82, 2.24) is 4.98 Å². The quantitative estimate of drug-likeness (QED) is 0.464. The van der Waals surface area contributed by atoms with Gasteiger partial charge >= 0.3 is 0 Å². The van der Waals surface area contributed by atoms with Gasteiger partial charge in [0, 0.05) is 23.0 Å². The number of fused-ring (bicyclic) bond motifs is 1. The maximum Gasteiger partial charge on any atom is 0.251 e. The number of rotatable bonds is 7. The minimum atomic E-state index is -0.0767. The van der Waals surface area contributed by atoms with Crippen molar-refractivity contribution in [3.63, 3.8) is 0 Å². The summed E-state index contributed by atoms with van der Waals surface area (Å²) in [7, 11) is 0. The molecule has 3 nitrogen and oxygen atoms in total. The normalized spacial score (nSPS) is 12.8. The Morgan fingerprint density at radius 1 is 1.04 bits per heavy atom. The van der Waals surface area contributed by atoms with E-state index in [2.05, 4.69) is 73.3 Å². The molecule has 0 fully saturated rings. The number of hydrogen-bond donors (Lipinski definition) is 2. The van der Waals surface area contributed by atoms with E-state index in [4.69, 9.17) is 5.73 Å². The first-order chi connectivity index (χ1) is 13.5. The molecule has 2 aromatic carbocycles.